The molecule has 8 nitrogen and oxygen atoms in total. The summed E-state index contributed by atoms with van der Waals surface area (Å²) in [7, 11) is 0. The lowest BCUT2D eigenvalue weighted by molar-refractivity contribution is -0.383. The highest BCUT2D eigenvalue weighted by atomic mass is 16.6. The van der Waals surface area contributed by atoms with E-state index >= 15 is 0 Å². The summed E-state index contributed by atoms with van der Waals surface area (Å²) in [5.74, 6) is 5.48. The molecule has 112 valence electrons. The van der Waals surface area contributed by atoms with Crippen LogP contribution < -0.4 is 16.6 Å². The molecule has 1 rings (SSSR count). The number of nitrogens with zero attached hydrogens (tertiary/aromatic N) is 3. The molecule has 0 aromatic carbocycles. The molecule has 0 radical (unpaired) electrons. The SMILES string of the molecule is CCCCC(CCC)Nc1ncnc(NN)c1[N+](=O)[O-]. The molecule has 0 aliphatic rings. The highest BCUT2D eigenvalue weighted by Crippen LogP contribution is 2.29. The van der Waals surface area contributed by atoms with Crippen molar-refractivity contribution in [3.63, 3.8) is 0 Å². The lowest BCUT2D eigenvalue weighted by Gasteiger charge is -2.18. The highest BCUT2D eigenvalue weighted by Gasteiger charge is 2.24. The van der Waals surface area contributed by atoms with Gasteiger partial charge in [-0.1, -0.05) is 33.1 Å². The Morgan fingerprint density at radius 1 is 1.30 bits per heavy atom. The second-order valence-electron chi connectivity index (χ2n) is 4.59. The molecule has 0 aliphatic heterocycles. The van der Waals surface area contributed by atoms with Crippen molar-refractivity contribution < 1.29 is 4.92 Å². The Bertz CT molecular complexity index is 440. The molecule has 1 aromatic heterocycles. The van der Waals surface area contributed by atoms with Gasteiger partial charge in [0.05, 0.1) is 4.92 Å². The summed E-state index contributed by atoms with van der Waals surface area (Å²) < 4.78 is 0. The number of aromatic nitrogens is 2. The average Bonchev–Trinajstić information content (AvgIpc) is 2.44. The van der Waals surface area contributed by atoms with Crippen LogP contribution in [0.1, 0.15) is 46.0 Å². The molecule has 0 bridgehead atoms. The van der Waals surface area contributed by atoms with E-state index in [2.05, 4.69) is 34.6 Å². The minimum Gasteiger partial charge on any atom is -0.361 e. The number of nitro groups is 1. The largest absolute Gasteiger partial charge is 0.361 e. The van der Waals surface area contributed by atoms with Crippen LogP contribution in [-0.4, -0.2) is 20.9 Å². The van der Waals surface area contributed by atoms with Crippen LogP contribution in [0.15, 0.2) is 6.33 Å². The molecule has 0 saturated heterocycles. The van der Waals surface area contributed by atoms with Crippen LogP contribution in [0.2, 0.25) is 0 Å². The van der Waals surface area contributed by atoms with Crippen molar-refractivity contribution in [2.24, 2.45) is 5.84 Å². The van der Waals surface area contributed by atoms with E-state index in [9.17, 15) is 10.1 Å². The Kier molecular flexibility index (Phi) is 6.65. The lowest BCUT2D eigenvalue weighted by Crippen LogP contribution is -2.22. The smallest absolute Gasteiger partial charge is 0.354 e. The predicted octanol–water partition coefficient (Wildman–Crippen LogP) is 2.44. The molecule has 8 heteroatoms. The van der Waals surface area contributed by atoms with E-state index in [0.29, 0.717) is 0 Å². The zero-order valence-corrected chi connectivity index (χ0v) is 11.9. The van der Waals surface area contributed by atoms with Crippen LogP contribution in [0.5, 0.6) is 0 Å². The maximum Gasteiger partial charge on any atom is 0.354 e. The van der Waals surface area contributed by atoms with Crippen molar-refractivity contribution in [3.8, 4) is 0 Å². The van der Waals surface area contributed by atoms with Gasteiger partial charge < -0.3 is 10.7 Å². The van der Waals surface area contributed by atoms with E-state index in [1.807, 2.05) is 0 Å². The number of rotatable bonds is 9. The Morgan fingerprint density at radius 3 is 2.55 bits per heavy atom. The molecular weight excluding hydrogens is 260 g/mol. The van der Waals surface area contributed by atoms with Crippen LogP contribution in [0.3, 0.4) is 0 Å². The molecule has 4 N–H and O–H groups in total. The molecule has 0 spiro atoms. The summed E-state index contributed by atoms with van der Waals surface area (Å²) >= 11 is 0. The summed E-state index contributed by atoms with van der Waals surface area (Å²) in [4.78, 5) is 18.4. The summed E-state index contributed by atoms with van der Waals surface area (Å²) in [6.45, 7) is 4.20. The van der Waals surface area contributed by atoms with Crippen molar-refractivity contribution in [2.45, 2.75) is 52.0 Å². The lowest BCUT2D eigenvalue weighted by atomic mass is 10.1. The van der Waals surface area contributed by atoms with Crippen LogP contribution in [-0.2, 0) is 0 Å². The average molecular weight is 282 g/mol. The van der Waals surface area contributed by atoms with E-state index < -0.39 is 4.92 Å². The fourth-order valence-corrected chi connectivity index (χ4v) is 2.04. The summed E-state index contributed by atoms with van der Waals surface area (Å²) in [6.07, 6.45) is 6.31. The third-order valence-electron chi connectivity index (χ3n) is 3.03. The van der Waals surface area contributed by atoms with Crippen molar-refractivity contribution >= 4 is 17.3 Å². The van der Waals surface area contributed by atoms with Crippen molar-refractivity contribution in [1.82, 2.24) is 9.97 Å². The van der Waals surface area contributed by atoms with Crippen LogP contribution >= 0.6 is 0 Å². The maximum atomic E-state index is 11.1. The summed E-state index contributed by atoms with van der Waals surface area (Å²) in [6, 6.07) is 0.166. The van der Waals surface area contributed by atoms with Gasteiger partial charge in [0.1, 0.15) is 6.33 Å². The molecule has 0 amide bonds. The third kappa shape index (κ3) is 4.30. The van der Waals surface area contributed by atoms with Gasteiger partial charge in [0.2, 0.25) is 11.6 Å². The monoisotopic (exact) mass is 282 g/mol. The van der Waals surface area contributed by atoms with Crippen molar-refractivity contribution in [2.75, 3.05) is 10.7 Å². The Morgan fingerprint density at radius 2 is 2.00 bits per heavy atom. The number of hydrazine groups is 1. The van der Waals surface area contributed by atoms with E-state index in [1.165, 1.54) is 6.33 Å². The first-order chi connectivity index (χ1) is 9.63. The number of nitrogens with one attached hydrogen (secondary N) is 2. The fraction of sp³-hybridized carbons (Fsp3) is 0.667. The fourth-order valence-electron chi connectivity index (χ4n) is 2.04. The Labute approximate surface area is 118 Å². The number of anilines is 2. The van der Waals surface area contributed by atoms with E-state index in [1.54, 1.807) is 0 Å². The molecule has 0 saturated carbocycles. The summed E-state index contributed by atoms with van der Waals surface area (Å²) in [5, 5.41) is 14.3. The Balaban J connectivity index is 2.96. The van der Waals surface area contributed by atoms with Gasteiger partial charge in [0.15, 0.2) is 0 Å². The van der Waals surface area contributed by atoms with Gasteiger partial charge in [-0.05, 0) is 12.8 Å². The standard InChI is InChI=1S/C12H22N6O2/c1-3-5-7-9(6-4-2)16-11-10(18(19)20)12(17-13)15-8-14-11/h8-9H,3-7,13H2,1-2H3,(H2,14,15,16,17). The molecular formula is C12H22N6O2. The number of hydrogen-bond acceptors (Lipinski definition) is 7. The maximum absolute atomic E-state index is 11.1. The molecule has 1 unspecified atom stereocenters. The summed E-state index contributed by atoms with van der Waals surface area (Å²) in [5.41, 5.74) is 2.02. The van der Waals surface area contributed by atoms with Crippen molar-refractivity contribution in [3.05, 3.63) is 16.4 Å². The first-order valence-corrected chi connectivity index (χ1v) is 6.86. The van der Waals surface area contributed by atoms with Gasteiger partial charge in [0, 0.05) is 6.04 Å². The van der Waals surface area contributed by atoms with Gasteiger partial charge in [-0.3, -0.25) is 10.1 Å². The third-order valence-corrected chi connectivity index (χ3v) is 3.03. The quantitative estimate of drug-likeness (QED) is 0.361. The van der Waals surface area contributed by atoms with Crippen LogP contribution in [0.25, 0.3) is 0 Å². The molecule has 20 heavy (non-hydrogen) atoms. The number of hydrogen-bond donors (Lipinski definition) is 3. The number of nitrogens with two attached hydrogens (primary N) is 1. The first kappa shape index (κ1) is 16.1. The van der Waals surface area contributed by atoms with Crippen molar-refractivity contribution in [1.29, 1.82) is 0 Å². The minimum atomic E-state index is -0.527. The van der Waals surface area contributed by atoms with Gasteiger partial charge >= 0.3 is 5.69 Å². The molecule has 1 aromatic rings. The van der Waals surface area contributed by atoms with E-state index in [0.717, 1.165) is 32.1 Å². The highest BCUT2D eigenvalue weighted by molar-refractivity contribution is 5.69. The molecule has 0 aliphatic carbocycles. The zero-order valence-electron chi connectivity index (χ0n) is 11.9. The van der Waals surface area contributed by atoms with Gasteiger partial charge in [-0.15, -0.1) is 0 Å². The second kappa shape index (κ2) is 8.26. The molecule has 1 heterocycles. The van der Waals surface area contributed by atoms with E-state index in [-0.39, 0.29) is 23.4 Å². The topological polar surface area (TPSA) is 119 Å². The van der Waals surface area contributed by atoms with Crippen LogP contribution in [0, 0.1) is 10.1 Å². The molecule has 0 fully saturated rings. The van der Waals surface area contributed by atoms with Crippen LogP contribution in [0.4, 0.5) is 17.3 Å². The zero-order chi connectivity index (χ0) is 15.0. The Hall–Kier alpha value is -1.96. The minimum absolute atomic E-state index is 0.0123. The number of nitrogen functional groups attached to an aromatic ring is 1. The normalized spacial score (nSPS) is 11.9. The van der Waals surface area contributed by atoms with Gasteiger partial charge in [-0.25, -0.2) is 15.8 Å². The molecule has 1 atom stereocenters. The van der Waals surface area contributed by atoms with E-state index in [4.69, 9.17) is 5.84 Å². The predicted molar refractivity (Wildman–Crippen MR) is 78.3 cm³/mol. The van der Waals surface area contributed by atoms with Gasteiger partial charge in [-0.2, -0.15) is 0 Å². The second-order valence-corrected chi connectivity index (χ2v) is 4.59. The first-order valence-electron chi connectivity index (χ1n) is 6.86. The van der Waals surface area contributed by atoms with Gasteiger partial charge in [0.25, 0.3) is 0 Å². The number of unbranched alkanes of at least 4 members (excludes halogenated alkanes) is 1.